The molecule has 0 radical (unpaired) electrons. The van der Waals surface area contributed by atoms with Crippen LogP contribution in [-0.2, 0) is 4.79 Å². The number of hydrogen-bond donors (Lipinski definition) is 3. The second-order valence-corrected chi connectivity index (χ2v) is 4.68. The van der Waals surface area contributed by atoms with Crippen molar-refractivity contribution in [2.45, 2.75) is 13.8 Å². The minimum absolute atomic E-state index is 0.0953. The van der Waals surface area contributed by atoms with Crippen molar-refractivity contribution in [1.29, 1.82) is 0 Å². The summed E-state index contributed by atoms with van der Waals surface area (Å²) in [5.41, 5.74) is 6.55. The molecule has 0 aliphatic carbocycles. The van der Waals surface area contributed by atoms with Gasteiger partial charge in [0.25, 0.3) is 0 Å². The number of nitrogens with zero attached hydrogens (tertiary/aromatic N) is 1. The lowest BCUT2D eigenvalue weighted by Gasteiger charge is -2.21. The Morgan fingerprint density at radius 1 is 1.53 bits per heavy atom. The molecule has 5 nitrogen and oxygen atoms in total. The maximum absolute atomic E-state index is 12.0. The largest absolute Gasteiger partial charge is 0.329 e. The summed E-state index contributed by atoms with van der Waals surface area (Å²) in [5, 5.41) is 10.7. The van der Waals surface area contributed by atoms with E-state index in [1.807, 2.05) is 32.0 Å². The molecule has 1 heterocycles. The molecule has 0 aliphatic heterocycles. The van der Waals surface area contributed by atoms with E-state index in [4.69, 9.17) is 5.73 Å². The first-order valence-electron chi connectivity index (χ1n) is 5.48. The van der Waals surface area contributed by atoms with Crippen LogP contribution in [0.2, 0.25) is 0 Å². The van der Waals surface area contributed by atoms with Crippen LogP contribution in [0.1, 0.15) is 13.8 Å². The standard InChI is InChI=1S/C12H16N4O/c1-12(2,7-13)11(17)15-9-5-3-4-8-6-14-16-10(8)9/h3-6H,7,13H2,1-2H3,(H,14,16)(H,15,17). The monoisotopic (exact) mass is 232 g/mol. The van der Waals surface area contributed by atoms with Gasteiger partial charge in [-0.15, -0.1) is 0 Å². The molecule has 17 heavy (non-hydrogen) atoms. The number of carbonyl (C=O) groups excluding carboxylic acids is 1. The zero-order chi connectivity index (χ0) is 12.5. The number of fused-ring (bicyclic) bond motifs is 1. The highest BCUT2D eigenvalue weighted by atomic mass is 16.2. The first kappa shape index (κ1) is 11.6. The number of hydrogen-bond acceptors (Lipinski definition) is 3. The van der Waals surface area contributed by atoms with Crippen LogP contribution in [0.5, 0.6) is 0 Å². The SMILES string of the molecule is CC(C)(CN)C(=O)Nc1cccc2cn[nH]c12. The molecule has 2 rings (SSSR count). The molecule has 0 atom stereocenters. The molecule has 0 fully saturated rings. The predicted molar refractivity (Wildman–Crippen MR) is 67.6 cm³/mol. The highest BCUT2D eigenvalue weighted by Crippen LogP contribution is 2.23. The number of rotatable bonds is 3. The fourth-order valence-corrected chi connectivity index (χ4v) is 1.46. The van der Waals surface area contributed by atoms with Crippen molar-refractivity contribution in [2.75, 3.05) is 11.9 Å². The molecule has 2 aromatic rings. The molecule has 0 bridgehead atoms. The highest BCUT2D eigenvalue weighted by Gasteiger charge is 2.26. The van der Waals surface area contributed by atoms with Crippen LogP contribution in [0, 0.1) is 5.41 Å². The fourth-order valence-electron chi connectivity index (χ4n) is 1.46. The molecule has 4 N–H and O–H groups in total. The number of benzene rings is 1. The van der Waals surface area contributed by atoms with E-state index in [9.17, 15) is 4.79 Å². The third kappa shape index (κ3) is 2.14. The van der Waals surface area contributed by atoms with Gasteiger partial charge in [0.15, 0.2) is 0 Å². The molecular weight excluding hydrogens is 216 g/mol. The number of amides is 1. The van der Waals surface area contributed by atoms with Crippen molar-refractivity contribution in [1.82, 2.24) is 10.2 Å². The maximum Gasteiger partial charge on any atom is 0.231 e. The molecule has 1 amide bonds. The normalized spacial score (nSPS) is 11.7. The number of nitrogens with two attached hydrogens (primary N) is 1. The Hall–Kier alpha value is -1.88. The average Bonchev–Trinajstić information content (AvgIpc) is 2.78. The molecule has 0 saturated heterocycles. The summed E-state index contributed by atoms with van der Waals surface area (Å²) in [4.78, 5) is 12.0. The van der Waals surface area contributed by atoms with Gasteiger partial charge < -0.3 is 11.1 Å². The van der Waals surface area contributed by atoms with Gasteiger partial charge in [-0.2, -0.15) is 5.10 Å². The molecule has 1 aromatic carbocycles. The smallest absolute Gasteiger partial charge is 0.231 e. The second kappa shape index (κ2) is 4.18. The summed E-state index contributed by atoms with van der Waals surface area (Å²) in [6, 6.07) is 5.65. The Morgan fingerprint density at radius 2 is 2.29 bits per heavy atom. The fraction of sp³-hybridized carbons (Fsp3) is 0.333. The first-order valence-corrected chi connectivity index (χ1v) is 5.48. The van der Waals surface area contributed by atoms with Gasteiger partial charge in [-0.05, 0) is 19.9 Å². The van der Waals surface area contributed by atoms with Gasteiger partial charge in [0, 0.05) is 11.9 Å². The van der Waals surface area contributed by atoms with Crippen LogP contribution in [-0.4, -0.2) is 22.6 Å². The maximum atomic E-state index is 12.0. The Morgan fingerprint density at radius 3 is 3.00 bits per heavy atom. The van der Waals surface area contributed by atoms with Gasteiger partial charge in [-0.3, -0.25) is 9.89 Å². The zero-order valence-corrected chi connectivity index (χ0v) is 9.95. The summed E-state index contributed by atoms with van der Waals surface area (Å²) < 4.78 is 0. The number of aromatic nitrogens is 2. The topological polar surface area (TPSA) is 83.8 Å². The van der Waals surface area contributed by atoms with Gasteiger partial charge in [0.2, 0.25) is 5.91 Å². The number of carbonyl (C=O) groups is 1. The van der Waals surface area contributed by atoms with E-state index < -0.39 is 5.41 Å². The minimum atomic E-state index is -0.581. The summed E-state index contributed by atoms with van der Waals surface area (Å²) >= 11 is 0. The van der Waals surface area contributed by atoms with Gasteiger partial charge >= 0.3 is 0 Å². The molecule has 5 heteroatoms. The van der Waals surface area contributed by atoms with Crippen LogP contribution in [0.3, 0.4) is 0 Å². The quantitative estimate of drug-likeness (QED) is 0.749. The Kier molecular flexibility index (Phi) is 2.85. The lowest BCUT2D eigenvalue weighted by Crippen LogP contribution is -2.37. The Labute approximate surface area is 99.4 Å². The lowest BCUT2D eigenvalue weighted by molar-refractivity contribution is -0.123. The van der Waals surface area contributed by atoms with E-state index in [2.05, 4.69) is 15.5 Å². The van der Waals surface area contributed by atoms with Gasteiger partial charge in [0.05, 0.1) is 22.8 Å². The van der Waals surface area contributed by atoms with Crippen molar-refractivity contribution in [3.63, 3.8) is 0 Å². The number of H-pyrrole nitrogens is 1. The average molecular weight is 232 g/mol. The van der Waals surface area contributed by atoms with Crippen molar-refractivity contribution < 1.29 is 4.79 Å². The van der Waals surface area contributed by atoms with E-state index in [0.29, 0.717) is 6.54 Å². The van der Waals surface area contributed by atoms with Crippen LogP contribution in [0.25, 0.3) is 10.9 Å². The van der Waals surface area contributed by atoms with Crippen molar-refractivity contribution in [3.8, 4) is 0 Å². The zero-order valence-electron chi connectivity index (χ0n) is 9.95. The van der Waals surface area contributed by atoms with Gasteiger partial charge in [-0.25, -0.2) is 0 Å². The number of nitrogens with one attached hydrogen (secondary N) is 2. The molecule has 0 aliphatic rings. The van der Waals surface area contributed by atoms with E-state index in [-0.39, 0.29) is 5.91 Å². The number of aromatic amines is 1. The van der Waals surface area contributed by atoms with Crippen molar-refractivity contribution in [3.05, 3.63) is 24.4 Å². The van der Waals surface area contributed by atoms with Crippen LogP contribution in [0.4, 0.5) is 5.69 Å². The summed E-state index contributed by atoms with van der Waals surface area (Å²) in [6.07, 6.45) is 1.72. The summed E-state index contributed by atoms with van der Waals surface area (Å²) in [7, 11) is 0. The Bertz CT molecular complexity index is 544. The molecule has 90 valence electrons. The van der Waals surface area contributed by atoms with E-state index in [0.717, 1.165) is 16.6 Å². The number of para-hydroxylation sites is 1. The van der Waals surface area contributed by atoms with Gasteiger partial charge in [-0.1, -0.05) is 12.1 Å². The molecule has 0 spiro atoms. The molecular formula is C12H16N4O. The molecule has 0 unspecified atom stereocenters. The number of anilines is 1. The summed E-state index contributed by atoms with van der Waals surface area (Å²) in [6.45, 7) is 3.93. The first-order chi connectivity index (χ1) is 8.04. The van der Waals surface area contributed by atoms with Crippen molar-refractivity contribution >= 4 is 22.5 Å². The van der Waals surface area contributed by atoms with E-state index in [1.165, 1.54) is 0 Å². The Balaban J connectivity index is 2.30. The minimum Gasteiger partial charge on any atom is -0.329 e. The van der Waals surface area contributed by atoms with Gasteiger partial charge in [0.1, 0.15) is 0 Å². The van der Waals surface area contributed by atoms with E-state index in [1.54, 1.807) is 6.20 Å². The third-order valence-corrected chi connectivity index (χ3v) is 2.85. The third-order valence-electron chi connectivity index (χ3n) is 2.85. The second-order valence-electron chi connectivity index (χ2n) is 4.68. The summed E-state index contributed by atoms with van der Waals surface area (Å²) in [5.74, 6) is -0.0953. The predicted octanol–water partition coefficient (Wildman–Crippen LogP) is 1.49. The van der Waals surface area contributed by atoms with Crippen molar-refractivity contribution in [2.24, 2.45) is 11.1 Å². The van der Waals surface area contributed by atoms with Crippen LogP contribution < -0.4 is 11.1 Å². The molecule has 1 aromatic heterocycles. The van der Waals surface area contributed by atoms with E-state index >= 15 is 0 Å². The lowest BCUT2D eigenvalue weighted by atomic mass is 9.92. The van der Waals surface area contributed by atoms with Crippen LogP contribution in [0.15, 0.2) is 24.4 Å². The molecule has 0 saturated carbocycles. The van der Waals surface area contributed by atoms with Crippen LogP contribution >= 0.6 is 0 Å². The highest BCUT2D eigenvalue weighted by molar-refractivity contribution is 6.02.